The molecule has 0 heteroatoms. The van der Waals surface area contributed by atoms with Gasteiger partial charge in [0.1, 0.15) is 0 Å². The third kappa shape index (κ3) is 1.71. The molecule has 1 aliphatic carbocycles. The fraction of sp³-hybridized carbons (Fsp3) is 0.500. The lowest BCUT2D eigenvalue weighted by atomic mass is 9.82. The predicted octanol–water partition coefficient (Wildman–Crippen LogP) is 4.68. The van der Waals surface area contributed by atoms with Crippen LogP contribution in [0, 0.1) is 0 Å². The zero-order valence-electron chi connectivity index (χ0n) is 11.1. The van der Waals surface area contributed by atoms with E-state index >= 15 is 0 Å². The van der Waals surface area contributed by atoms with Crippen molar-refractivity contribution in [3.8, 4) is 0 Å². The van der Waals surface area contributed by atoms with Crippen molar-refractivity contribution in [1.82, 2.24) is 0 Å². The SMILES string of the molecule is C/C=C/c1ccc2c(c1)C(C)(C)CC2(C)C. The normalized spacial score (nSPS) is 21.3. The number of hydrogen-bond donors (Lipinski definition) is 0. The maximum Gasteiger partial charge on any atom is -0.00921 e. The smallest absolute Gasteiger partial charge is 0.00921 e. The molecule has 0 bridgehead atoms. The van der Waals surface area contributed by atoms with E-state index in [1.807, 2.05) is 0 Å². The van der Waals surface area contributed by atoms with Crippen molar-refractivity contribution < 1.29 is 0 Å². The minimum atomic E-state index is 0.316. The van der Waals surface area contributed by atoms with E-state index in [4.69, 9.17) is 0 Å². The van der Waals surface area contributed by atoms with Crippen molar-refractivity contribution in [2.75, 3.05) is 0 Å². The minimum Gasteiger partial charge on any atom is -0.0871 e. The molecule has 0 N–H and O–H groups in total. The fourth-order valence-electron chi connectivity index (χ4n) is 3.30. The highest BCUT2D eigenvalue weighted by Gasteiger charge is 2.41. The van der Waals surface area contributed by atoms with Crippen molar-refractivity contribution in [3.05, 3.63) is 41.0 Å². The molecule has 0 spiro atoms. The Kier molecular flexibility index (Phi) is 2.49. The quantitative estimate of drug-likeness (QED) is 0.637. The lowest BCUT2D eigenvalue weighted by Gasteiger charge is -2.22. The van der Waals surface area contributed by atoms with Gasteiger partial charge < -0.3 is 0 Å². The second-order valence-electron chi connectivity index (χ2n) is 6.25. The van der Waals surface area contributed by atoms with Gasteiger partial charge in [0.2, 0.25) is 0 Å². The summed E-state index contributed by atoms with van der Waals surface area (Å²) >= 11 is 0. The first-order chi connectivity index (χ1) is 7.37. The Labute approximate surface area is 99.4 Å². The summed E-state index contributed by atoms with van der Waals surface area (Å²) in [6, 6.07) is 6.92. The van der Waals surface area contributed by atoms with Gasteiger partial charge in [0, 0.05) is 0 Å². The van der Waals surface area contributed by atoms with Crippen LogP contribution in [0.2, 0.25) is 0 Å². The van der Waals surface area contributed by atoms with Gasteiger partial charge in [-0.25, -0.2) is 0 Å². The topological polar surface area (TPSA) is 0 Å². The molecule has 0 aromatic heterocycles. The summed E-state index contributed by atoms with van der Waals surface area (Å²) in [5.74, 6) is 0. The first-order valence-electron chi connectivity index (χ1n) is 6.14. The molecule has 86 valence electrons. The van der Waals surface area contributed by atoms with Crippen molar-refractivity contribution >= 4 is 6.08 Å². The molecule has 0 aliphatic heterocycles. The highest BCUT2D eigenvalue weighted by atomic mass is 14.4. The molecule has 1 aliphatic rings. The number of allylic oxidation sites excluding steroid dienone is 1. The van der Waals surface area contributed by atoms with Gasteiger partial charge in [-0.05, 0) is 40.9 Å². The Morgan fingerprint density at radius 3 is 2.25 bits per heavy atom. The van der Waals surface area contributed by atoms with E-state index in [0.29, 0.717) is 10.8 Å². The lowest BCUT2D eigenvalue weighted by Crippen LogP contribution is -2.17. The van der Waals surface area contributed by atoms with Crippen LogP contribution in [0.1, 0.15) is 57.7 Å². The second-order valence-corrected chi connectivity index (χ2v) is 6.25. The van der Waals surface area contributed by atoms with Gasteiger partial charge in [-0.2, -0.15) is 0 Å². The van der Waals surface area contributed by atoms with Crippen LogP contribution in [0.15, 0.2) is 24.3 Å². The fourth-order valence-corrected chi connectivity index (χ4v) is 3.30. The third-order valence-corrected chi connectivity index (χ3v) is 3.74. The van der Waals surface area contributed by atoms with E-state index in [0.717, 1.165) is 0 Å². The van der Waals surface area contributed by atoms with E-state index in [2.05, 4.69) is 65.0 Å². The van der Waals surface area contributed by atoms with E-state index in [1.165, 1.54) is 23.1 Å². The van der Waals surface area contributed by atoms with Crippen LogP contribution in [0.25, 0.3) is 6.08 Å². The third-order valence-electron chi connectivity index (χ3n) is 3.74. The summed E-state index contributed by atoms with van der Waals surface area (Å²) in [7, 11) is 0. The molecule has 0 atom stereocenters. The van der Waals surface area contributed by atoms with Crippen LogP contribution in [0.3, 0.4) is 0 Å². The molecule has 0 amide bonds. The van der Waals surface area contributed by atoms with E-state index in [1.54, 1.807) is 0 Å². The molecular formula is C16H22. The molecule has 0 heterocycles. The molecule has 2 rings (SSSR count). The molecule has 0 nitrogen and oxygen atoms in total. The van der Waals surface area contributed by atoms with Crippen molar-refractivity contribution in [3.63, 3.8) is 0 Å². The summed E-state index contributed by atoms with van der Waals surface area (Å²) < 4.78 is 0. The number of fused-ring (bicyclic) bond motifs is 1. The van der Waals surface area contributed by atoms with E-state index in [9.17, 15) is 0 Å². The average molecular weight is 214 g/mol. The first kappa shape index (κ1) is 11.4. The number of rotatable bonds is 1. The number of hydrogen-bond acceptors (Lipinski definition) is 0. The van der Waals surface area contributed by atoms with Crippen LogP contribution in [0.4, 0.5) is 0 Å². The summed E-state index contributed by atoms with van der Waals surface area (Å²) in [6.07, 6.45) is 5.53. The van der Waals surface area contributed by atoms with Crippen molar-refractivity contribution in [2.45, 2.75) is 51.9 Å². The molecule has 16 heavy (non-hydrogen) atoms. The largest absolute Gasteiger partial charge is 0.0871 e. The molecule has 0 unspecified atom stereocenters. The van der Waals surface area contributed by atoms with Gasteiger partial charge in [-0.3, -0.25) is 0 Å². The zero-order chi connectivity index (χ0) is 12.0. The van der Waals surface area contributed by atoms with Crippen LogP contribution in [-0.4, -0.2) is 0 Å². The molecule has 0 saturated heterocycles. The molecule has 0 fully saturated rings. The Morgan fingerprint density at radius 2 is 1.62 bits per heavy atom. The van der Waals surface area contributed by atoms with E-state index in [-0.39, 0.29) is 0 Å². The maximum absolute atomic E-state index is 2.37. The maximum atomic E-state index is 2.37. The van der Waals surface area contributed by atoms with Crippen molar-refractivity contribution in [1.29, 1.82) is 0 Å². The first-order valence-corrected chi connectivity index (χ1v) is 6.14. The Balaban J connectivity index is 2.59. The standard InChI is InChI=1S/C16H22/c1-6-7-12-8-9-13-14(10-12)16(4,5)11-15(13,2)3/h6-10H,11H2,1-5H3/b7-6+. The van der Waals surface area contributed by atoms with Gasteiger partial charge in [0.15, 0.2) is 0 Å². The summed E-state index contributed by atoms with van der Waals surface area (Å²) in [6.45, 7) is 11.5. The Bertz CT molecular complexity index is 433. The lowest BCUT2D eigenvalue weighted by molar-refractivity contribution is 0.403. The average Bonchev–Trinajstić information content (AvgIpc) is 2.33. The molecule has 0 saturated carbocycles. The van der Waals surface area contributed by atoms with Gasteiger partial charge in [0.25, 0.3) is 0 Å². The monoisotopic (exact) mass is 214 g/mol. The van der Waals surface area contributed by atoms with Gasteiger partial charge in [0.05, 0.1) is 0 Å². The van der Waals surface area contributed by atoms with Gasteiger partial charge >= 0.3 is 0 Å². The molecule has 1 aromatic rings. The van der Waals surface area contributed by atoms with E-state index < -0.39 is 0 Å². The second kappa shape index (κ2) is 3.48. The minimum absolute atomic E-state index is 0.316. The number of benzene rings is 1. The highest BCUT2D eigenvalue weighted by Crippen LogP contribution is 2.49. The van der Waals surface area contributed by atoms with Gasteiger partial charge in [-0.1, -0.05) is 58.0 Å². The molecule has 1 aromatic carbocycles. The van der Waals surface area contributed by atoms with Gasteiger partial charge in [-0.15, -0.1) is 0 Å². The predicted molar refractivity (Wildman–Crippen MR) is 71.8 cm³/mol. The summed E-state index contributed by atoms with van der Waals surface area (Å²) in [5, 5.41) is 0. The van der Waals surface area contributed by atoms with Crippen LogP contribution in [0.5, 0.6) is 0 Å². The summed E-state index contributed by atoms with van der Waals surface area (Å²) in [5.41, 5.74) is 5.04. The van der Waals surface area contributed by atoms with Crippen molar-refractivity contribution in [2.24, 2.45) is 0 Å². The highest BCUT2D eigenvalue weighted by molar-refractivity contribution is 5.56. The molecular weight excluding hydrogens is 192 g/mol. The summed E-state index contributed by atoms with van der Waals surface area (Å²) in [4.78, 5) is 0. The van der Waals surface area contributed by atoms with Crippen LogP contribution < -0.4 is 0 Å². The van der Waals surface area contributed by atoms with Crippen LogP contribution in [-0.2, 0) is 10.8 Å². The molecule has 0 radical (unpaired) electrons. The zero-order valence-corrected chi connectivity index (χ0v) is 11.1. The van der Waals surface area contributed by atoms with Crippen LogP contribution >= 0.6 is 0 Å². The Hall–Kier alpha value is -1.04. The Morgan fingerprint density at radius 1 is 1.00 bits per heavy atom.